The minimum atomic E-state index is 0. The van der Waals surface area contributed by atoms with Crippen molar-refractivity contribution >= 4 is 11.6 Å². The lowest BCUT2D eigenvalue weighted by molar-refractivity contribution is -0.910. The first-order chi connectivity index (χ1) is 13.2. The highest BCUT2D eigenvalue weighted by molar-refractivity contribution is 6.17. The van der Waals surface area contributed by atoms with E-state index in [4.69, 9.17) is 11.6 Å². The van der Waals surface area contributed by atoms with Gasteiger partial charge in [0.2, 0.25) is 0 Å². The molecule has 0 aromatic rings. The van der Waals surface area contributed by atoms with Crippen LogP contribution in [0.5, 0.6) is 0 Å². The van der Waals surface area contributed by atoms with Crippen molar-refractivity contribution in [3.05, 3.63) is 0 Å². The van der Waals surface area contributed by atoms with E-state index in [-0.39, 0.29) is 12.4 Å². The van der Waals surface area contributed by atoms with E-state index in [1.54, 1.807) is 0 Å². The topological polar surface area (TPSA) is 0 Å². The normalized spacial score (nSPS) is 11.6. The first-order valence-corrected chi connectivity index (χ1v) is 13.1. The first-order valence-electron chi connectivity index (χ1n) is 12.6. The molecule has 0 aromatic carbocycles. The second-order valence-corrected chi connectivity index (χ2v) is 9.51. The third-order valence-corrected chi connectivity index (χ3v) is 6.45. The Labute approximate surface area is 190 Å². The smallest absolute Gasteiger partial charge is 0.0784 e. The van der Waals surface area contributed by atoms with E-state index in [1.807, 2.05) is 0 Å². The molecule has 0 bridgehead atoms. The van der Waals surface area contributed by atoms with E-state index < -0.39 is 0 Å². The van der Waals surface area contributed by atoms with Gasteiger partial charge >= 0.3 is 0 Å². The molecular weight excluding hydrogens is 385 g/mol. The fourth-order valence-electron chi connectivity index (χ4n) is 4.18. The number of quaternary nitrogens is 1. The van der Waals surface area contributed by atoms with Gasteiger partial charge in [0.05, 0.1) is 26.7 Å². The van der Waals surface area contributed by atoms with Crippen molar-refractivity contribution < 1.29 is 16.9 Å². The van der Waals surface area contributed by atoms with Crippen molar-refractivity contribution in [2.45, 2.75) is 129 Å². The van der Waals surface area contributed by atoms with Crippen LogP contribution in [0.15, 0.2) is 0 Å². The SMILES string of the molecule is CCCCCCCCCC[N+](C)(CCCCCl)CCCCCCCCCC.[Cl-]. The predicted molar refractivity (Wildman–Crippen MR) is 126 cm³/mol. The fraction of sp³-hybridized carbons (Fsp3) is 1.00. The molecule has 28 heavy (non-hydrogen) atoms. The second-order valence-electron chi connectivity index (χ2n) is 9.14. The van der Waals surface area contributed by atoms with Gasteiger partial charge in [0.1, 0.15) is 0 Å². The highest BCUT2D eigenvalue weighted by Gasteiger charge is 2.20. The molecule has 0 aliphatic carbocycles. The lowest BCUT2D eigenvalue weighted by atomic mass is 10.1. The maximum atomic E-state index is 5.92. The van der Waals surface area contributed by atoms with Crippen molar-refractivity contribution in [1.82, 2.24) is 0 Å². The van der Waals surface area contributed by atoms with Crippen LogP contribution < -0.4 is 12.4 Å². The van der Waals surface area contributed by atoms with Crippen LogP contribution in [-0.2, 0) is 0 Å². The zero-order chi connectivity index (χ0) is 20.1. The molecule has 0 fully saturated rings. The van der Waals surface area contributed by atoms with Crippen molar-refractivity contribution in [3.63, 3.8) is 0 Å². The van der Waals surface area contributed by atoms with Crippen LogP contribution in [0, 0.1) is 0 Å². The van der Waals surface area contributed by atoms with Crippen molar-refractivity contribution in [2.24, 2.45) is 0 Å². The fourth-order valence-corrected chi connectivity index (χ4v) is 4.37. The quantitative estimate of drug-likeness (QED) is 0.115. The summed E-state index contributed by atoms with van der Waals surface area (Å²) in [5, 5.41) is 0. The molecule has 0 amide bonds. The molecule has 0 spiro atoms. The van der Waals surface area contributed by atoms with E-state index in [0.717, 1.165) is 5.88 Å². The zero-order valence-corrected chi connectivity index (χ0v) is 21.3. The highest BCUT2D eigenvalue weighted by Crippen LogP contribution is 2.16. The Bertz CT molecular complexity index is 264. The van der Waals surface area contributed by atoms with Gasteiger partial charge in [-0.25, -0.2) is 0 Å². The van der Waals surface area contributed by atoms with Crippen LogP contribution in [0.2, 0.25) is 0 Å². The van der Waals surface area contributed by atoms with Gasteiger partial charge in [-0.2, -0.15) is 0 Å². The summed E-state index contributed by atoms with van der Waals surface area (Å²) in [4.78, 5) is 0. The summed E-state index contributed by atoms with van der Waals surface area (Å²) in [6.07, 6.45) is 25.4. The summed E-state index contributed by atoms with van der Waals surface area (Å²) in [6, 6.07) is 0. The van der Waals surface area contributed by atoms with Crippen molar-refractivity contribution in [2.75, 3.05) is 32.6 Å². The van der Waals surface area contributed by atoms with Crippen LogP contribution in [0.1, 0.15) is 129 Å². The molecule has 0 rings (SSSR count). The Morgan fingerprint density at radius 2 is 0.750 bits per heavy atom. The average Bonchev–Trinajstić information content (AvgIpc) is 2.66. The standard InChI is InChI=1S/C25H53ClN.ClH/c1-4-6-8-10-12-14-16-19-23-27(3,25-21-18-22-26)24-20-17-15-13-11-9-7-5-2;/h4-25H2,1-3H3;1H/q+1;/p-1. The molecule has 1 nitrogen and oxygen atoms in total. The largest absolute Gasteiger partial charge is 1.00 e. The summed E-state index contributed by atoms with van der Waals surface area (Å²) >= 11 is 5.92. The molecular formula is C25H53Cl2N. The van der Waals surface area contributed by atoms with Gasteiger partial charge < -0.3 is 16.9 Å². The molecule has 0 atom stereocenters. The molecule has 0 unspecified atom stereocenters. The molecule has 172 valence electrons. The van der Waals surface area contributed by atoms with Crippen LogP contribution in [-0.4, -0.2) is 37.0 Å². The number of rotatable bonds is 22. The Morgan fingerprint density at radius 1 is 0.464 bits per heavy atom. The summed E-state index contributed by atoms with van der Waals surface area (Å²) in [5.74, 6) is 0.829. The van der Waals surface area contributed by atoms with E-state index in [0.29, 0.717) is 0 Å². The van der Waals surface area contributed by atoms with Crippen LogP contribution in [0.25, 0.3) is 0 Å². The average molecular weight is 439 g/mol. The van der Waals surface area contributed by atoms with E-state index >= 15 is 0 Å². The molecule has 0 saturated heterocycles. The lowest BCUT2D eigenvalue weighted by Gasteiger charge is -2.35. The Morgan fingerprint density at radius 3 is 1.07 bits per heavy atom. The number of hydrogen-bond donors (Lipinski definition) is 0. The van der Waals surface area contributed by atoms with Crippen LogP contribution >= 0.6 is 11.6 Å². The molecule has 0 radical (unpaired) electrons. The first kappa shape index (κ1) is 30.7. The van der Waals surface area contributed by atoms with Gasteiger partial charge in [-0.3, -0.25) is 0 Å². The third kappa shape index (κ3) is 21.3. The van der Waals surface area contributed by atoms with Gasteiger partial charge in [0.15, 0.2) is 0 Å². The summed E-state index contributed by atoms with van der Waals surface area (Å²) in [7, 11) is 2.51. The molecule has 0 N–H and O–H groups in total. The molecule has 0 aromatic heterocycles. The molecule has 3 heteroatoms. The van der Waals surface area contributed by atoms with Gasteiger partial charge in [0.25, 0.3) is 0 Å². The zero-order valence-electron chi connectivity index (χ0n) is 19.8. The van der Waals surface area contributed by atoms with Crippen molar-refractivity contribution in [1.29, 1.82) is 0 Å². The van der Waals surface area contributed by atoms with Gasteiger partial charge in [0, 0.05) is 5.88 Å². The van der Waals surface area contributed by atoms with E-state index in [9.17, 15) is 0 Å². The van der Waals surface area contributed by atoms with Gasteiger partial charge in [-0.05, 0) is 38.5 Å². The number of unbranched alkanes of at least 4 members (excludes halogenated alkanes) is 15. The minimum Gasteiger partial charge on any atom is -1.00 e. The number of nitrogens with zero attached hydrogens (tertiary/aromatic N) is 1. The predicted octanol–water partition coefficient (Wildman–Crippen LogP) is 5.74. The summed E-state index contributed by atoms with van der Waals surface area (Å²) < 4.78 is 1.29. The molecule has 0 saturated carbocycles. The van der Waals surface area contributed by atoms with E-state index in [1.165, 1.54) is 140 Å². The molecule has 0 heterocycles. The summed E-state index contributed by atoms with van der Waals surface area (Å²) in [6.45, 7) is 8.70. The van der Waals surface area contributed by atoms with Crippen LogP contribution in [0.3, 0.4) is 0 Å². The van der Waals surface area contributed by atoms with Gasteiger partial charge in [-0.1, -0.05) is 90.9 Å². The van der Waals surface area contributed by atoms with Crippen LogP contribution in [0.4, 0.5) is 0 Å². The van der Waals surface area contributed by atoms with Crippen molar-refractivity contribution in [3.8, 4) is 0 Å². The Kier molecular flexibility index (Phi) is 26.1. The highest BCUT2D eigenvalue weighted by atomic mass is 35.5. The molecule has 0 aliphatic rings. The number of alkyl halides is 1. The lowest BCUT2D eigenvalue weighted by Crippen LogP contribution is -3.00. The Balaban J connectivity index is 0. The Hall–Kier alpha value is 0.540. The summed E-state index contributed by atoms with van der Waals surface area (Å²) in [5.41, 5.74) is 0. The monoisotopic (exact) mass is 437 g/mol. The maximum Gasteiger partial charge on any atom is 0.0784 e. The maximum absolute atomic E-state index is 5.92. The minimum absolute atomic E-state index is 0. The number of halogens is 2. The van der Waals surface area contributed by atoms with E-state index in [2.05, 4.69) is 20.9 Å². The third-order valence-electron chi connectivity index (χ3n) is 6.18. The molecule has 0 aliphatic heterocycles. The number of hydrogen-bond acceptors (Lipinski definition) is 0. The van der Waals surface area contributed by atoms with Gasteiger partial charge in [-0.15, -0.1) is 11.6 Å². The second kappa shape index (κ2) is 23.8.